The van der Waals surface area contributed by atoms with Gasteiger partial charge in [0.05, 0.1) is 6.04 Å². The molecule has 0 saturated carbocycles. The lowest BCUT2D eigenvalue weighted by Crippen LogP contribution is -2.41. The molecule has 0 saturated heterocycles. The molecule has 1 unspecified atom stereocenters. The minimum atomic E-state index is -1.81. The summed E-state index contributed by atoms with van der Waals surface area (Å²) < 4.78 is 12.7. The molecule has 0 radical (unpaired) electrons. The topological polar surface area (TPSA) is 47.6 Å². The smallest absolute Gasteiger partial charge is 0.408 e. The maximum absolute atomic E-state index is 12.3. The third-order valence-corrected chi connectivity index (χ3v) is 9.71. The molecule has 0 aliphatic heterocycles. The lowest BCUT2D eigenvalue weighted by atomic mass is 10.0. The molecule has 1 rings (SSSR count). The van der Waals surface area contributed by atoms with Crippen molar-refractivity contribution in [3.63, 3.8) is 0 Å². The van der Waals surface area contributed by atoms with Crippen molar-refractivity contribution in [3.05, 3.63) is 34.3 Å². The second kappa shape index (κ2) is 8.89. The highest BCUT2D eigenvalue weighted by molar-refractivity contribution is 9.10. The second-order valence-electron chi connectivity index (χ2n) is 9.15. The average molecular weight is 444 g/mol. The van der Waals surface area contributed by atoms with Gasteiger partial charge in [-0.2, -0.15) is 0 Å². The Hall–Kier alpha value is -0.853. The number of nitrogens with one attached hydrogen (secondary N) is 1. The first-order valence-corrected chi connectivity index (χ1v) is 12.8. The van der Waals surface area contributed by atoms with Crippen LogP contribution in [0.4, 0.5) is 4.79 Å². The molecular formula is C20H34BrNO3Si. The van der Waals surface area contributed by atoms with Crippen LogP contribution in [-0.4, -0.2) is 26.6 Å². The molecule has 0 bridgehead atoms. The molecule has 1 atom stereocenters. The number of amides is 1. The van der Waals surface area contributed by atoms with Crippen LogP contribution in [0.25, 0.3) is 0 Å². The molecule has 1 amide bonds. The van der Waals surface area contributed by atoms with Crippen LogP contribution in [0, 0.1) is 0 Å². The summed E-state index contributed by atoms with van der Waals surface area (Å²) in [5, 5.41) is 3.16. The zero-order chi connectivity index (χ0) is 20.2. The molecule has 6 heteroatoms. The minimum Gasteiger partial charge on any atom is -0.444 e. The normalized spacial score (nSPS) is 14.0. The van der Waals surface area contributed by atoms with Gasteiger partial charge in [0, 0.05) is 11.1 Å². The Kier molecular flexibility index (Phi) is 7.93. The molecule has 0 aliphatic carbocycles. The van der Waals surface area contributed by atoms with Crippen molar-refractivity contribution in [1.82, 2.24) is 5.32 Å². The van der Waals surface area contributed by atoms with Gasteiger partial charge in [-0.1, -0.05) is 48.8 Å². The Bertz CT molecular complexity index is 589. The fourth-order valence-corrected chi connectivity index (χ4v) is 3.44. The first kappa shape index (κ1) is 23.2. The van der Waals surface area contributed by atoms with E-state index >= 15 is 0 Å². The first-order chi connectivity index (χ1) is 11.7. The van der Waals surface area contributed by atoms with Crippen molar-refractivity contribution in [1.29, 1.82) is 0 Å². The summed E-state index contributed by atoms with van der Waals surface area (Å²) in [6.07, 6.45) is 0.297. The number of hydrogen-bond donors (Lipinski definition) is 1. The van der Waals surface area contributed by atoms with E-state index in [4.69, 9.17) is 9.16 Å². The number of halogens is 1. The van der Waals surface area contributed by atoms with Gasteiger partial charge in [-0.25, -0.2) is 4.79 Å². The zero-order valence-electron chi connectivity index (χ0n) is 17.4. The summed E-state index contributed by atoms with van der Waals surface area (Å²) in [5.41, 5.74) is 0.518. The Labute approximate surface area is 168 Å². The van der Waals surface area contributed by atoms with Gasteiger partial charge >= 0.3 is 6.09 Å². The first-order valence-electron chi connectivity index (χ1n) is 9.10. The van der Waals surface area contributed by atoms with Crippen molar-refractivity contribution in [2.75, 3.05) is 6.61 Å². The largest absolute Gasteiger partial charge is 0.444 e. The van der Waals surface area contributed by atoms with E-state index in [-0.39, 0.29) is 11.1 Å². The predicted molar refractivity (Wildman–Crippen MR) is 114 cm³/mol. The summed E-state index contributed by atoms with van der Waals surface area (Å²) in [5.74, 6) is 0. The quantitative estimate of drug-likeness (QED) is 0.515. The summed E-state index contributed by atoms with van der Waals surface area (Å²) in [6.45, 7) is 17.4. The monoisotopic (exact) mass is 443 g/mol. The lowest BCUT2D eigenvalue weighted by Gasteiger charge is -2.36. The number of carbonyl (C=O) groups excluding carboxylic acids is 1. The Morgan fingerprint density at radius 3 is 2.12 bits per heavy atom. The Balaban J connectivity index is 2.82. The van der Waals surface area contributed by atoms with Gasteiger partial charge < -0.3 is 14.5 Å². The predicted octanol–water partition coefficient (Wildman–Crippen LogP) is 6.43. The number of hydrogen-bond acceptors (Lipinski definition) is 3. The summed E-state index contributed by atoms with van der Waals surface area (Å²) in [7, 11) is -1.81. The summed E-state index contributed by atoms with van der Waals surface area (Å²) in [6, 6.07) is 7.83. The van der Waals surface area contributed by atoms with Gasteiger partial charge in [0.1, 0.15) is 5.60 Å². The second-order valence-corrected chi connectivity index (χ2v) is 14.9. The SMILES string of the molecule is CC(C)(C)OC(=O)NC(CCO[Si](C)(C)C(C)(C)C)c1ccc(Br)cc1. The van der Waals surface area contributed by atoms with E-state index in [2.05, 4.69) is 55.1 Å². The number of ether oxygens (including phenoxy) is 1. The summed E-state index contributed by atoms with van der Waals surface area (Å²) >= 11 is 3.45. The van der Waals surface area contributed by atoms with Gasteiger partial charge in [0.2, 0.25) is 0 Å². The standard InChI is InChI=1S/C20H34BrNO3Si/c1-19(2,3)25-18(23)22-17(15-9-11-16(21)12-10-15)13-14-24-26(7,8)20(4,5)6/h9-12,17H,13-14H2,1-8H3,(H,22,23). The zero-order valence-corrected chi connectivity index (χ0v) is 20.0. The van der Waals surface area contributed by atoms with Gasteiger partial charge in [0.25, 0.3) is 0 Å². The molecular weight excluding hydrogens is 410 g/mol. The van der Waals surface area contributed by atoms with Gasteiger partial charge in [-0.3, -0.25) is 0 Å². The highest BCUT2D eigenvalue weighted by Gasteiger charge is 2.37. The molecule has 0 heterocycles. The van der Waals surface area contributed by atoms with Gasteiger partial charge in [-0.05, 0) is 63.0 Å². The lowest BCUT2D eigenvalue weighted by molar-refractivity contribution is 0.0497. The maximum atomic E-state index is 12.3. The van der Waals surface area contributed by atoms with Crippen LogP contribution in [0.3, 0.4) is 0 Å². The van der Waals surface area contributed by atoms with Crippen LogP contribution in [0.15, 0.2) is 28.7 Å². The molecule has 1 N–H and O–H groups in total. The van der Waals surface area contributed by atoms with E-state index in [0.717, 1.165) is 10.0 Å². The van der Waals surface area contributed by atoms with Gasteiger partial charge in [0.15, 0.2) is 8.32 Å². The van der Waals surface area contributed by atoms with Crippen molar-refractivity contribution >= 4 is 30.3 Å². The van der Waals surface area contributed by atoms with Crippen LogP contribution >= 0.6 is 15.9 Å². The fourth-order valence-electron chi connectivity index (χ4n) is 2.12. The number of alkyl carbamates (subject to hydrolysis) is 1. The molecule has 0 aliphatic rings. The van der Waals surface area contributed by atoms with E-state index in [0.29, 0.717) is 13.0 Å². The molecule has 4 nitrogen and oxygen atoms in total. The van der Waals surface area contributed by atoms with Crippen molar-refractivity contribution < 1.29 is 14.0 Å². The van der Waals surface area contributed by atoms with Crippen molar-refractivity contribution in [2.45, 2.75) is 77.7 Å². The summed E-state index contributed by atoms with van der Waals surface area (Å²) in [4.78, 5) is 12.3. The Morgan fingerprint density at radius 2 is 1.65 bits per heavy atom. The van der Waals surface area contributed by atoms with Crippen LogP contribution in [0.5, 0.6) is 0 Å². The molecule has 0 spiro atoms. The fraction of sp³-hybridized carbons (Fsp3) is 0.650. The van der Waals surface area contributed by atoms with Crippen LogP contribution in [0.2, 0.25) is 18.1 Å². The molecule has 0 fully saturated rings. The van der Waals surface area contributed by atoms with Gasteiger partial charge in [-0.15, -0.1) is 0 Å². The minimum absolute atomic E-state index is 0.150. The molecule has 1 aromatic rings. The highest BCUT2D eigenvalue weighted by atomic mass is 79.9. The molecule has 1 aromatic carbocycles. The average Bonchev–Trinajstić information content (AvgIpc) is 2.43. The number of rotatable bonds is 6. The molecule has 148 valence electrons. The van der Waals surface area contributed by atoms with Crippen molar-refractivity contribution in [2.24, 2.45) is 0 Å². The van der Waals surface area contributed by atoms with Crippen LogP contribution in [-0.2, 0) is 9.16 Å². The van der Waals surface area contributed by atoms with E-state index in [9.17, 15) is 4.79 Å². The van der Waals surface area contributed by atoms with Crippen LogP contribution in [0.1, 0.15) is 59.6 Å². The van der Waals surface area contributed by atoms with Crippen LogP contribution < -0.4 is 5.32 Å². The van der Waals surface area contributed by atoms with E-state index in [1.165, 1.54) is 0 Å². The van der Waals surface area contributed by atoms with E-state index in [1.807, 2.05) is 45.0 Å². The third kappa shape index (κ3) is 7.80. The van der Waals surface area contributed by atoms with E-state index in [1.54, 1.807) is 0 Å². The number of benzene rings is 1. The highest BCUT2D eigenvalue weighted by Crippen LogP contribution is 2.36. The van der Waals surface area contributed by atoms with Crippen molar-refractivity contribution in [3.8, 4) is 0 Å². The third-order valence-electron chi connectivity index (χ3n) is 4.64. The van der Waals surface area contributed by atoms with E-state index < -0.39 is 20.0 Å². The molecule has 0 aromatic heterocycles. The Morgan fingerprint density at radius 1 is 1.12 bits per heavy atom. The molecule has 26 heavy (non-hydrogen) atoms. The maximum Gasteiger partial charge on any atom is 0.408 e. The number of carbonyl (C=O) groups is 1.